The summed E-state index contributed by atoms with van der Waals surface area (Å²) < 4.78 is 0. The number of nitrogens with zero attached hydrogens (tertiary/aromatic N) is 1. The predicted molar refractivity (Wildman–Crippen MR) is 96.6 cm³/mol. The molecule has 0 saturated heterocycles. The normalized spacial score (nSPS) is 12.6. The topological polar surface area (TPSA) is 79.3 Å². The molecule has 1 heterocycles. The van der Waals surface area contributed by atoms with Crippen LogP contribution in [0.2, 0.25) is 0 Å². The second-order valence-electron chi connectivity index (χ2n) is 7.09. The summed E-state index contributed by atoms with van der Waals surface area (Å²) in [6.45, 7) is 6.66. The van der Waals surface area contributed by atoms with Gasteiger partial charge in [0.2, 0.25) is 0 Å². The zero-order chi connectivity index (χ0) is 18.4. The first kappa shape index (κ1) is 18.8. The van der Waals surface area contributed by atoms with Crippen LogP contribution in [0.1, 0.15) is 48.7 Å². The Bertz CT molecular complexity index is 719. The monoisotopic (exact) mass is 340 g/mol. The van der Waals surface area contributed by atoms with Crippen LogP contribution in [-0.2, 0) is 16.8 Å². The van der Waals surface area contributed by atoms with E-state index in [9.17, 15) is 14.7 Å². The third kappa shape index (κ3) is 5.50. The molecule has 0 radical (unpaired) electrons. The molecule has 0 unspecified atom stereocenters. The molecule has 0 aliphatic rings. The lowest BCUT2D eigenvalue weighted by Crippen LogP contribution is -2.38. The number of rotatable bonds is 7. The van der Waals surface area contributed by atoms with Gasteiger partial charge in [0, 0.05) is 30.9 Å². The summed E-state index contributed by atoms with van der Waals surface area (Å²) >= 11 is 0. The molecule has 2 N–H and O–H groups in total. The number of carboxylic acid groups (broad SMARTS) is 1. The van der Waals surface area contributed by atoms with Gasteiger partial charge in [-0.1, -0.05) is 51.1 Å². The maximum Gasteiger partial charge on any atom is 0.321 e. The summed E-state index contributed by atoms with van der Waals surface area (Å²) in [7, 11) is 0. The highest BCUT2D eigenvalue weighted by molar-refractivity contribution is 5.98. The molecule has 0 saturated carbocycles. The van der Waals surface area contributed by atoms with Crippen LogP contribution >= 0.6 is 0 Å². The van der Waals surface area contributed by atoms with Crippen LogP contribution in [0.15, 0.2) is 48.8 Å². The summed E-state index contributed by atoms with van der Waals surface area (Å²) in [6.07, 6.45) is 3.23. The Hall–Kier alpha value is -2.53. The molecule has 0 bridgehead atoms. The van der Waals surface area contributed by atoms with E-state index in [2.05, 4.69) is 31.1 Å². The van der Waals surface area contributed by atoms with Crippen molar-refractivity contribution in [2.75, 3.05) is 0 Å². The first-order chi connectivity index (χ1) is 11.8. The van der Waals surface area contributed by atoms with Gasteiger partial charge in [0.1, 0.15) is 6.04 Å². The van der Waals surface area contributed by atoms with E-state index in [1.165, 1.54) is 0 Å². The second kappa shape index (κ2) is 8.03. The molecule has 5 heteroatoms. The predicted octanol–water partition coefficient (Wildman–Crippen LogP) is 3.19. The molecule has 0 aliphatic heterocycles. The molecule has 2 aromatic rings. The lowest BCUT2D eigenvalue weighted by Gasteiger charge is -2.19. The van der Waals surface area contributed by atoms with Gasteiger partial charge < -0.3 is 5.11 Å². The summed E-state index contributed by atoms with van der Waals surface area (Å²) in [5, 5.41) is 12.3. The van der Waals surface area contributed by atoms with Gasteiger partial charge in [-0.05, 0) is 22.6 Å². The van der Waals surface area contributed by atoms with Crippen LogP contribution in [0, 0.1) is 0 Å². The third-order valence-corrected chi connectivity index (χ3v) is 4.04. The third-order valence-electron chi connectivity index (χ3n) is 4.04. The van der Waals surface area contributed by atoms with Crippen LogP contribution in [0.3, 0.4) is 0 Å². The van der Waals surface area contributed by atoms with Gasteiger partial charge in [-0.15, -0.1) is 0 Å². The van der Waals surface area contributed by atoms with Crippen molar-refractivity contribution in [1.82, 2.24) is 10.3 Å². The molecule has 132 valence electrons. The van der Waals surface area contributed by atoms with Gasteiger partial charge in [0.05, 0.1) is 0 Å². The summed E-state index contributed by atoms with van der Waals surface area (Å²) in [4.78, 5) is 27.8. The number of benzene rings is 1. The highest BCUT2D eigenvalue weighted by Gasteiger charge is 2.22. The van der Waals surface area contributed by atoms with Crippen molar-refractivity contribution in [2.45, 2.75) is 45.2 Å². The van der Waals surface area contributed by atoms with Gasteiger partial charge in [0.25, 0.3) is 0 Å². The average Bonchev–Trinajstić information content (AvgIpc) is 2.58. The number of Topliss-reactive ketones (excluding diaryl/α,β-unsaturated/α-hetero) is 1. The van der Waals surface area contributed by atoms with E-state index >= 15 is 0 Å². The van der Waals surface area contributed by atoms with Crippen molar-refractivity contribution < 1.29 is 14.7 Å². The zero-order valence-corrected chi connectivity index (χ0v) is 14.8. The van der Waals surface area contributed by atoms with Crippen molar-refractivity contribution in [1.29, 1.82) is 0 Å². The molecule has 0 aliphatic carbocycles. The highest BCUT2D eigenvalue weighted by Crippen LogP contribution is 2.22. The number of aromatic nitrogens is 1. The first-order valence-corrected chi connectivity index (χ1v) is 8.26. The SMILES string of the molecule is CC(C)(C)c1ccc(C(=O)C[C@H](NCc2cccnc2)C(=O)O)cc1. The summed E-state index contributed by atoms with van der Waals surface area (Å²) in [6, 6.07) is 10.1. The molecule has 1 atom stereocenters. The van der Waals surface area contributed by atoms with Crippen LogP contribution in [0.5, 0.6) is 0 Å². The Labute approximate surface area is 148 Å². The number of aliphatic carboxylic acids is 1. The quantitative estimate of drug-likeness (QED) is 0.757. The maximum absolute atomic E-state index is 12.4. The number of nitrogens with one attached hydrogen (secondary N) is 1. The number of ketones is 1. The molecule has 5 nitrogen and oxygen atoms in total. The van der Waals surface area contributed by atoms with E-state index in [1.54, 1.807) is 30.6 Å². The molecule has 0 amide bonds. The fraction of sp³-hybridized carbons (Fsp3) is 0.350. The van der Waals surface area contributed by atoms with E-state index < -0.39 is 12.0 Å². The van der Waals surface area contributed by atoms with Crippen molar-refractivity contribution in [3.63, 3.8) is 0 Å². The molecule has 2 rings (SSSR count). The molecule has 0 spiro atoms. The minimum atomic E-state index is -1.04. The van der Waals surface area contributed by atoms with Gasteiger partial charge in [-0.3, -0.25) is 19.9 Å². The number of pyridine rings is 1. The lowest BCUT2D eigenvalue weighted by molar-refractivity contribution is -0.139. The summed E-state index contributed by atoms with van der Waals surface area (Å²) in [5.41, 5.74) is 2.54. The maximum atomic E-state index is 12.4. The van der Waals surface area contributed by atoms with E-state index in [1.807, 2.05) is 18.2 Å². The Kier molecular flexibility index (Phi) is 6.04. The number of hydrogen-bond acceptors (Lipinski definition) is 4. The van der Waals surface area contributed by atoms with Crippen molar-refractivity contribution in [2.24, 2.45) is 0 Å². The van der Waals surface area contributed by atoms with Crippen molar-refractivity contribution in [3.8, 4) is 0 Å². The van der Waals surface area contributed by atoms with E-state index in [4.69, 9.17) is 0 Å². The molecule has 0 fully saturated rings. The van der Waals surface area contributed by atoms with Crippen LogP contribution in [-0.4, -0.2) is 27.9 Å². The fourth-order valence-electron chi connectivity index (χ4n) is 2.45. The van der Waals surface area contributed by atoms with Crippen LogP contribution in [0.25, 0.3) is 0 Å². The Morgan fingerprint density at radius 3 is 2.36 bits per heavy atom. The Morgan fingerprint density at radius 1 is 1.16 bits per heavy atom. The molecule has 1 aromatic carbocycles. The smallest absolute Gasteiger partial charge is 0.321 e. The Balaban J connectivity index is 2.01. The van der Waals surface area contributed by atoms with Gasteiger partial charge in [-0.2, -0.15) is 0 Å². The van der Waals surface area contributed by atoms with E-state index in [-0.39, 0.29) is 17.6 Å². The highest BCUT2D eigenvalue weighted by atomic mass is 16.4. The van der Waals surface area contributed by atoms with Crippen LogP contribution < -0.4 is 5.32 Å². The van der Waals surface area contributed by atoms with Gasteiger partial charge in [0.15, 0.2) is 5.78 Å². The van der Waals surface area contributed by atoms with Crippen LogP contribution in [0.4, 0.5) is 0 Å². The number of carbonyl (C=O) groups excluding carboxylic acids is 1. The van der Waals surface area contributed by atoms with Crippen molar-refractivity contribution >= 4 is 11.8 Å². The zero-order valence-electron chi connectivity index (χ0n) is 14.8. The minimum absolute atomic E-state index is 0.0104. The number of carbonyl (C=O) groups is 2. The Morgan fingerprint density at radius 2 is 1.84 bits per heavy atom. The summed E-state index contributed by atoms with van der Waals surface area (Å²) in [5.74, 6) is -1.23. The number of carboxylic acids is 1. The van der Waals surface area contributed by atoms with E-state index in [0.717, 1.165) is 11.1 Å². The molecule has 1 aromatic heterocycles. The molecular weight excluding hydrogens is 316 g/mol. The number of hydrogen-bond donors (Lipinski definition) is 2. The fourth-order valence-corrected chi connectivity index (χ4v) is 2.45. The molecular formula is C20H24N2O3. The van der Waals surface area contributed by atoms with Gasteiger partial charge >= 0.3 is 5.97 Å². The first-order valence-electron chi connectivity index (χ1n) is 8.26. The van der Waals surface area contributed by atoms with E-state index in [0.29, 0.717) is 12.1 Å². The second-order valence-corrected chi connectivity index (χ2v) is 7.09. The minimum Gasteiger partial charge on any atom is -0.480 e. The van der Waals surface area contributed by atoms with Gasteiger partial charge in [-0.25, -0.2) is 0 Å². The largest absolute Gasteiger partial charge is 0.480 e. The lowest BCUT2D eigenvalue weighted by atomic mass is 9.86. The molecule has 25 heavy (non-hydrogen) atoms. The average molecular weight is 340 g/mol. The standard InChI is InChI=1S/C20H24N2O3/c1-20(2,3)16-8-6-15(7-9-16)18(23)11-17(19(24)25)22-13-14-5-4-10-21-12-14/h4-10,12,17,22H,11,13H2,1-3H3,(H,24,25)/t17-/m0/s1. The van der Waals surface area contributed by atoms with Crippen molar-refractivity contribution in [3.05, 3.63) is 65.5 Å².